The zero-order chi connectivity index (χ0) is 11.3. The summed E-state index contributed by atoms with van der Waals surface area (Å²) in [5.41, 5.74) is 0. The van der Waals surface area contributed by atoms with Gasteiger partial charge < -0.3 is 14.6 Å². The molecule has 6 heteroatoms. The standard InChI is InChI=1S/C9H8Cl2O4/c10-6-1-7(11)3-8(2-6)15-5-14-4-9(12)13/h1-3H,4-5H2,(H,12,13). The second-order valence-electron chi connectivity index (χ2n) is 2.61. The average molecular weight is 251 g/mol. The second-order valence-corrected chi connectivity index (χ2v) is 3.48. The maximum atomic E-state index is 10.1. The van der Waals surface area contributed by atoms with E-state index in [-0.39, 0.29) is 6.79 Å². The Morgan fingerprint density at radius 3 is 2.40 bits per heavy atom. The van der Waals surface area contributed by atoms with Crippen LogP contribution in [0.1, 0.15) is 0 Å². The lowest BCUT2D eigenvalue weighted by Crippen LogP contribution is -2.11. The van der Waals surface area contributed by atoms with Crippen LogP contribution in [0.3, 0.4) is 0 Å². The Bertz CT molecular complexity index is 334. The zero-order valence-electron chi connectivity index (χ0n) is 7.57. The number of benzene rings is 1. The van der Waals surface area contributed by atoms with Crippen LogP contribution in [0.2, 0.25) is 10.0 Å². The summed E-state index contributed by atoms with van der Waals surface area (Å²) in [4.78, 5) is 10.1. The predicted octanol–water partition coefficient (Wildman–Crippen LogP) is 2.43. The smallest absolute Gasteiger partial charge is 0.329 e. The quantitative estimate of drug-likeness (QED) is 0.645. The van der Waals surface area contributed by atoms with Gasteiger partial charge in [0.05, 0.1) is 0 Å². The van der Waals surface area contributed by atoms with Gasteiger partial charge in [-0.3, -0.25) is 0 Å². The van der Waals surface area contributed by atoms with Crippen LogP contribution in [0.4, 0.5) is 0 Å². The van der Waals surface area contributed by atoms with Gasteiger partial charge in [-0.05, 0) is 18.2 Å². The fraction of sp³-hybridized carbons (Fsp3) is 0.222. The van der Waals surface area contributed by atoms with Crippen molar-refractivity contribution in [3.05, 3.63) is 28.2 Å². The summed E-state index contributed by atoms with van der Waals surface area (Å²) in [6, 6.07) is 4.67. The molecule has 0 saturated carbocycles. The minimum atomic E-state index is -1.05. The minimum Gasteiger partial charge on any atom is -0.480 e. The van der Waals surface area contributed by atoms with E-state index >= 15 is 0 Å². The summed E-state index contributed by atoms with van der Waals surface area (Å²) in [5, 5.41) is 9.16. The third-order valence-corrected chi connectivity index (χ3v) is 1.81. The molecule has 15 heavy (non-hydrogen) atoms. The van der Waals surface area contributed by atoms with E-state index in [2.05, 4.69) is 4.74 Å². The van der Waals surface area contributed by atoms with E-state index < -0.39 is 12.6 Å². The van der Waals surface area contributed by atoms with Crippen molar-refractivity contribution in [3.63, 3.8) is 0 Å². The molecule has 0 aliphatic rings. The maximum Gasteiger partial charge on any atom is 0.329 e. The molecule has 1 N–H and O–H groups in total. The Kier molecular flexibility index (Phi) is 4.68. The normalized spacial score (nSPS) is 10.0. The Morgan fingerprint density at radius 2 is 1.87 bits per heavy atom. The van der Waals surface area contributed by atoms with Gasteiger partial charge in [0.1, 0.15) is 12.4 Å². The highest BCUT2D eigenvalue weighted by atomic mass is 35.5. The van der Waals surface area contributed by atoms with Gasteiger partial charge >= 0.3 is 5.97 Å². The predicted molar refractivity (Wildman–Crippen MR) is 55.5 cm³/mol. The summed E-state index contributed by atoms with van der Waals surface area (Å²) in [6.07, 6.45) is 0. The van der Waals surface area contributed by atoms with Crippen molar-refractivity contribution in [2.45, 2.75) is 0 Å². The van der Waals surface area contributed by atoms with Gasteiger partial charge in [-0.2, -0.15) is 0 Å². The fourth-order valence-electron chi connectivity index (χ4n) is 0.851. The van der Waals surface area contributed by atoms with Crippen molar-refractivity contribution >= 4 is 29.2 Å². The molecule has 0 heterocycles. The number of rotatable bonds is 5. The number of hydrogen-bond acceptors (Lipinski definition) is 3. The summed E-state index contributed by atoms with van der Waals surface area (Å²) in [5.74, 6) is -0.624. The van der Waals surface area contributed by atoms with Gasteiger partial charge in [-0.1, -0.05) is 23.2 Å². The molecule has 0 aromatic heterocycles. The molecule has 1 rings (SSSR count). The molecule has 82 valence electrons. The van der Waals surface area contributed by atoms with Crippen molar-refractivity contribution in [3.8, 4) is 5.75 Å². The summed E-state index contributed by atoms with van der Waals surface area (Å²) >= 11 is 11.4. The van der Waals surface area contributed by atoms with Crippen molar-refractivity contribution < 1.29 is 19.4 Å². The van der Waals surface area contributed by atoms with E-state index in [1.807, 2.05) is 0 Å². The van der Waals surface area contributed by atoms with Crippen LogP contribution >= 0.6 is 23.2 Å². The number of carbonyl (C=O) groups is 1. The average Bonchev–Trinajstić information content (AvgIpc) is 2.10. The molecule has 0 atom stereocenters. The summed E-state index contributed by atoms with van der Waals surface area (Å²) < 4.78 is 9.73. The molecule has 4 nitrogen and oxygen atoms in total. The Hall–Kier alpha value is -0.970. The highest BCUT2D eigenvalue weighted by Gasteiger charge is 2.00. The molecule has 0 saturated heterocycles. The highest BCUT2D eigenvalue weighted by molar-refractivity contribution is 6.34. The number of aliphatic carboxylic acids is 1. The van der Waals surface area contributed by atoms with Gasteiger partial charge in [0, 0.05) is 10.0 Å². The molecule has 0 radical (unpaired) electrons. The lowest BCUT2D eigenvalue weighted by Gasteiger charge is -2.06. The van der Waals surface area contributed by atoms with Gasteiger partial charge in [-0.25, -0.2) is 4.79 Å². The number of halogens is 2. The van der Waals surface area contributed by atoms with E-state index in [1.54, 1.807) is 18.2 Å². The molecule has 0 aliphatic carbocycles. The van der Waals surface area contributed by atoms with Crippen LogP contribution in [0.15, 0.2) is 18.2 Å². The monoisotopic (exact) mass is 250 g/mol. The number of ether oxygens (including phenoxy) is 2. The van der Waals surface area contributed by atoms with Crippen LogP contribution in [-0.4, -0.2) is 24.5 Å². The van der Waals surface area contributed by atoms with Crippen molar-refractivity contribution in [1.82, 2.24) is 0 Å². The summed E-state index contributed by atoms with van der Waals surface area (Å²) in [6.45, 7) is -0.572. The highest BCUT2D eigenvalue weighted by Crippen LogP contribution is 2.23. The lowest BCUT2D eigenvalue weighted by molar-refractivity contribution is -0.144. The van der Waals surface area contributed by atoms with Gasteiger partial charge in [0.15, 0.2) is 6.79 Å². The van der Waals surface area contributed by atoms with Crippen molar-refractivity contribution in [2.75, 3.05) is 13.4 Å². The third kappa shape index (κ3) is 4.88. The lowest BCUT2D eigenvalue weighted by atomic mass is 10.3. The van der Waals surface area contributed by atoms with E-state index in [0.29, 0.717) is 15.8 Å². The minimum absolute atomic E-state index is 0.164. The molecule has 0 unspecified atom stereocenters. The Labute approximate surface area is 96.3 Å². The van der Waals surface area contributed by atoms with Crippen molar-refractivity contribution in [1.29, 1.82) is 0 Å². The van der Waals surface area contributed by atoms with Gasteiger partial charge in [0.2, 0.25) is 0 Å². The number of hydrogen-bond donors (Lipinski definition) is 1. The molecule has 0 bridgehead atoms. The molecular weight excluding hydrogens is 243 g/mol. The van der Waals surface area contributed by atoms with Crippen LogP contribution in [0, 0.1) is 0 Å². The first-order valence-corrected chi connectivity index (χ1v) is 4.72. The van der Waals surface area contributed by atoms with E-state index in [1.165, 1.54) is 0 Å². The Morgan fingerprint density at radius 1 is 1.27 bits per heavy atom. The van der Waals surface area contributed by atoms with Crippen LogP contribution < -0.4 is 4.74 Å². The largest absolute Gasteiger partial charge is 0.480 e. The topological polar surface area (TPSA) is 55.8 Å². The zero-order valence-corrected chi connectivity index (χ0v) is 9.09. The molecule has 1 aromatic rings. The van der Waals surface area contributed by atoms with Gasteiger partial charge in [-0.15, -0.1) is 0 Å². The molecular formula is C9H8Cl2O4. The van der Waals surface area contributed by atoms with E-state index in [9.17, 15) is 4.79 Å². The molecule has 0 spiro atoms. The number of carboxylic acids is 1. The molecule has 0 amide bonds. The van der Waals surface area contributed by atoms with E-state index in [4.69, 9.17) is 33.0 Å². The maximum absolute atomic E-state index is 10.1. The van der Waals surface area contributed by atoms with E-state index in [0.717, 1.165) is 0 Å². The first-order valence-electron chi connectivity index (χ1n) is 3.96. The number of carboxylic acid groups (broad SMARTS) is 1. The SMILES string of the molecule is O=C(O)COCOc1cc(Cl)cc(Cl)c1. The molecule has 0 aliphatic heterocycles. The van der Waals surface area contributed by atoms with Crippen LogP contribution in [-0.2, 0) is 9.53 Å². The van der Waals surface area contributed by atoms with Crippen LogP contribution in [0.5, 0.6) is 5.75 Å². The fourth-order valence-corrected chi connectivity index (χ4v) is 1.36. The second kappa shape index (κ2) is 5.80. The van der Waals surface area contributed by atoms with Gasteiger partial charge in [0.25, 0.3) is 0 Å². The molecule has 0 fully saturated rings. The first kappa shape index (κ1) is 12.1. The van der Waals surface area contributed by atoms with Crippen molar-refractivity contribution in [2.24, 2.45) is 0 Å². The van der Waals surface area contributed by atoms with Crippen LogP contribution in [0.25, 0.3) is 0 Å². The Balaban J connectivity index is 2.40. The third-order valence-electron chi connectivity index (χ3n) is 1.37. The summed E-state index contributed by atoms with van der Waals surface area (Å²) in [7, 11) is 0. The molecule has 1 aromatic carbocycles. The first-order chi connectivity index (χ1) is 7.08.